The predicted molar refractivity (Wildman–Crippen MR) is 98.9 cm³/mol. The van der Waals surface area contributed by atoms with Crippen LogP contribution in [0.4, 0.5) is 11.4 Å². The Hall–Kier alpha value is -2.35. The van der Waals surface area contributed by atoms with Crippen LogP contribution < -0.4 is 5.32 Å². The van der Waals surface area contributed by atoms with Crippen molar-refractivity contribution in [2.24, 2.45) is 0 Å². The standard InChI is InChI=1S/C16H14N2.2C2H6/c1-12-9-13-10-15(7-8-16(13)17-11-12)18-14-5-3-2-4-6-14;2*1-2/h2-11,18H,1H3;2*1-2H3. The lowest BCUT2D eigenvalue weighted by Gasteiger charge is -2.07. The van der Waals surface area contributed by atoms with Gasteiger partial charge in [0.1, 0.15) is 0 Å². The molecule has 1 N–H and O–H groups in total. The van der Waals surface area contributed by atoms with Gasteiger partial charge in [0, 0.05) is 23.0 Å². The normalized spacial score (nSPS) is 9.14. The maximum absolute atomic E-state index is 4.40. The monoisotopic (exact) mass is 294 g/mol. The van der Waals surface area contributed by atoms with Gasteiger partial charge < -0.3 is 5.32 Å². The molecule has 116 valence electrons. The largest absolute Gasteiger partial charge is 0.356 e. The van der Waals surface area contributed by atoms with Crippen molar-refractivity contribution in [3.63, 3.8) is 0 Å². The Morgan fingerprint density at radius 3 is 2.14 bits per heavy atom. The molecule has 3 rings (SSSR count). The number of rotatable bonds is 2. The first-order chi connectivity index (χ1) is 10.8. The summed E-state index contributed by atoms with van der Waals surface area (Å²) < 4.78 is 0. The second-order valence-corrected chi connectivity index (χ2v) is 4.41. The van der Waals surface area contributed by atoms with Crippen LogP contribution in [0.25, 0.3) is 10.9 Å². The van der Waals surface area contributed by atoms with Crippen LogP contribution in [0.3, 0.4) is 0 Å². The number of hydrogen-bond donors (Lipinski definition) is 1. The lowest BCUT2D eigenvalue weighted by atomic mass is 10.1. The van der Waals surface area contributed by atoms with Crippen LogP contribution >= 0.6 is 0 Å². The summed E-state index contributed by atoms with van der Waals surface area (Å²) >= 11 is 0. The third-order valence-electron chi connectivity index (χ3n) is 2.88. The van der Waals surface area contributed by atoms with Crippen LogP contribution in [0.5, 0.6) is 0 Å². The zero-order chi connectivity index (χ0) is 16.4. The average molecular weight is 294 g/mol. The lowest BCUT2D eigenvalue weighted by molar-refractivity contribution is 1.33. The quantitative estimate of drug-likeness (QED) is 0.596. The van der Waals surface area contributed by atoms with E-state index in [-0.39, 0.29) is 0 Å². The van der Waals surface area contributed by atoms with E-state index in [1.54, 1.807) is 0 Å². The molecule has 0 fully saturated rings. The van der Waals surface area contributed by atoms with Gasteiger partial charge in [-0.3, -0.25) is 4.98 Å². The molecule has 0 aliphatic heterocycles. The van der Waals surface area contributed by atoms with E-state index in [4.69, 9.17) is 0 Å². The maximum atomic E-state index is 4.40. The molecule has 1 aromatic heterocycles. The summed E-state index contributed by atoms with van der Waals surface area (Å²) in [4.78, 5) is 4.40. The number of para-hydroxylation sites is 1. The zero-order valence-electron chi connectivity index (χ0n) is 14.2. The van der Waals surface area contributed by atoms with E-state index in [2.05, 4.69) is 47.6 Å². The van der Waals surface area contributed by atoms with Crippen LogP contribution in [0.15, 0.2) is 60.8 Å². The summed E-state index contributed by atoms with van der Waals surface area (Å²) in [5, 5.41) is 4.55. The molecule has 0 bridgehead atoms. The molecule has 0 aliphatic carbocycles. The van der Waals surface area contributed by atoms with Crippen LogP contribution in [-0.2, 0) is 0 Å². The molecule has 1 heterocycles. The highest BCUT2D eigenvalue weighted by Crippen LogP contribution is 2.21. The van der Waals surface area contributed by atoms with E-state index in [0.717, 1.165) is 22.3 Å². The second-order valence-electron chi connectivity index (χ2n) is 4.41. The highest BCUT2D eigenvalue weighted by atomic mass is 14.9. The average Bonchev–Trinajstić information content (AvgIpc) is 2.59. The third kappa shape index (κ3) is 4.88. The first kappa shape index (κ1) is 17.7. The number of nitrogens with one attached hydrogen (secondary N) is 1. The first-order valence-corrected chi connectivity index (χ1v) is 8.00. The van der Waals surface area contributed by atoms with E-state index in [1.165, 1.54) is 5.56 Å². The van der Waals surface area contributed by atoms with Gasteiger partial charge in [0.2, 0.25) is 0 Å². The minimum atomic E-state index is 1.03. The molecule has 0 unspecified atom stereocenters. The lowest BCUT2D eigenvalue weighted by Crippen LogP contribution is -1.90. The number of aryl methyl sites for hydroxylation is 1. The molecule has 0 aliphatic rings. The Bertz CT molecular complexity index is 676. The minimum absolute atomic E-state index is 1.03. The molecule has 0 saturated carbocycles. The molecule has 0 amide bonds. The van der Waals surface area contributed by atoms with Crippen LogP contribution in [0.2, 0.25) is 0 Å². The zero-order valence-corrected chi connectivity index (χ0v) is 14.2. The molecular formula is C20H26N2. The predicted octanol–water partition coefficient (Wildman–Crippen LogP) is 6.34. The van der Waals surface area contributed by atoms with Crippen molar-refractivity contribution >= 4 is 22.3 Å². The second kappa shape index (κ2) is 9.56. The Morgan fingerprint density at radius 2 is 1.45 bits per heavy atom. The number of pyridine rings is 1. The van der Waals surface area contributed by atoms with Gasteiger partial charge in [0.25, 0.3) is 0 Å². The van der Waals surface area contributed by atoms with E-state index in [9.17, 15) is 0 Å². The van der Waals surface area contributed by atoms with Gasteiger partial charge in [-0.1, -0.05) is 45.9 Å². The Labute approximate surface area is 134 Å². The van der Waals surface area contributed by atoms with E-state index >= 15 is 0 Å². The Balaban J connectivity index is 0.000000561. The summed E-state index contributed by atoms with van der Waals surface area (Å²) in [5.74, 6) is 0. The molecule has 0 radical (unpaired) electrons. The molecule has 0 spiro atoms. The molecular weight excluding hydrogens is 268 g/mol. The third-order valence-corrected chi connectivity index (χ3v) is 2.88. The molecule has 0 atom stereocenters. The molecule has 2 aromatic carbocycles. The summed E-state index contributed by atoms with van der Waals surface area (Å²) in [6.45, 7) is 10.1. The highest BCUT2D eigenvalue weighted by molar-refractivity contribution is 5.83. The van der Waals surface area contributed by atoms with Gasteiger partial charge in [-0.15, -0.1) is 0 Å². The summed E-state index contributed by atoms with van der Waals surface area (Å²) in [6, 6.07) is 18.5. The fourth-order valence-electron chi connectivity index (χ4n) is 2.01. The van der Waals surface area contributed by atoms with Gasteiger partial charge in [0.15, 0.2) is 0 Å². The van der Waals surface area contributed by atoms with Crippen LogP contribution in [0, 0.1) is 6.92 Å². The van der Waals surface area contributed by atoms with Gasteiger partial charge in [-0.25, -0.2) is 0 Å². The SMILES string of the molecule is CC.CC.Cc1cnc2ccc(Nc3ccccc3)cc2c1. The number of hydrogen-bond acceptors (Lipinski definition) is 2. The minimum Gasteiger partial charge on any atom is -0.356 e. The first-order valence-electron chi connectivity index (χ1n) is 8.00. The molecule has 0 saturated heterocycles. The summed E-state index contributed by atoms with van der Waals surface area (Å²) in [5.41, 5.74) is 4.39. The number of fused-ring (bicyclic) bond motifs is 1. The van der Waals surface area contributed by atoms with Crippen molar-refractivity contribution in [3.8, 4) is 0 Å². The molecule has 2 nitrogen and oxygen atoms in total. The number of benzene rings is 2. The van der Waals surface area contributed by atoms with Gasteiger partial charge >= 0.3 is 0 Å². The van der Waals surface area contributed by atoms with E-state index in [1.807, 2.05) is 58.2 Å². The van der Waals surface area contributed by atoms with Crippen molar-refractivity contribution < 1.29 is 0 Å². The fraction of sp³-hybridized carbons (Fsp3) is 0.250. The van der Waals surface area contributed by atoms with Crippen LogP contribution in [0.1, 0.15) is 33.3 Å². The van der Waals surface area contributed by atoms with Crippen LogP contribution in [-0.4, -0.2) is 4.98 Å². The molecule has 22 heavy (non-hydrogen) atoms. The number of anilines is 2. The highest BCUT2D eigenvalue weighted by Gasteiger charge is 1.98. The van der Waals surface area contributed by atoms with Gasteiger partial charge in [-0.2, -0.15) is 0 Å². The Morgan fingerprint density at radius 1 is 0.773 bits per heavy atom. The smallest absolute Gasteiger partial charge is 0.0703 e. The van der Waals surface area contributed by atoms with Crippen molar-refractivity contribution in [2.45, 2.75) is 34.6 Å². The van der Waals surface area contributed by atoms with Crippen molar-refractivity contribution in [1.29, 1.82) is 0 Å². The Kier molecular flexibility index (Phi) is 7.69. The number of nitrogens with zero attached hydrogens (tertiary/aromatic N) is 1. The summed E-state index contributed by atoms with van der Waals surface area (Å²) in [6.07, 6.45) is 1.90. The molecule has 3 aromatic rings. The van der Waals surface area contributed by atoms with E-state index < -0.39 is 0 Å². The van der Waals surface area contributed by atoms with E-state index in [0.29, 0.717) is 0 Å². The maximum Gasteiger partial charge on any atom is 0.0703 e. The summed E-state index contributed by atoms with van der Waals surface area (Å²) in [7, 11) is 0. The van der Waals surface area contributed by atoms with Gasteiger partial charge in [-0.05, 0) is 48.9 Å². The topological polar surface area (TPSA) is 24.9 Å². The fourth-order valence-corrected chi connectivity index (χ4v) is 2.01. The van der Waals surface area contributed by atoms with Gasteiger partial charge in [0.05, 0.1) is 5.52 Å². The van der Waals surface area contributed by atoms with Crippen molar-refractivity contribution in [2.75, 3.05) is 5.32 Å². The molecule has 2 heteroatoms. The van der Waals surface area contributed by atoms with Crippen molar-refractivity contribution in [1.82, 2.24) is 4.98 Å². The number of aromatic nitrogens is 1. The van der Waals surface area contributed by atoms with Crippen molar-refractivity contribution in [3.05, 3.63) is 66.4 Å².